The van der Waals surface area contributed by atoms with Crippen molar-refractivity contribution in [2.75, 3.05) is 6.54 Å². The monoisotopic (exact) mass is 411 g/mol. The summed E-state index contributed by atoms with van der Waals surface area (Å²) in [6.07, 6.45) is 2.45. The maximum atomic E-state index is 13.3. The van der Waals surface area contributed by atoms with Gasteiger partial charge in [-0.2, -0.15) is 0 Å². The molecule has 0 fully saturated rings. The number of carbonyl (C=O) groups excluding carboxylic acids is 1. The van der Waals surface area contributed by atoms with Crippen molar-refractivity contribution in [1.29, 1.82) is 0 Å². The Kier molecular flexibility index (Phi) is 5.15. The van der Waals surface area contributed by atoms with E-state index in [0.717, 1.165) is 5.56 Å². The number of rotatable bonds is 4. The van der Waals surface area contributed by atoms with Gasteiger partial charge in [-0.15, -0.1) is 0 Å². The number of hydrogen-bond donors (Lipinski definition) is 0. The second kappa shape index (κ2) is 7.75. The second-order valence-electron chi connectivity index (χ2n) is 6.88. The molecule has 2 aliphatic heterocycles. The third-order valence-electron chi connectivity index (χ3n) is 4.99. The topological polar surface area (TPSA) is 72.9 Å². The lowest BCUT2D eigenvalue weighted by atomic mass is 10.1. The van der Waals surface area contributed by atoms with Crippen LogP contribution in [0.15, 0.2) is 88.4 Å². The molecule has 2 atom stereocenters. The molecule has 2 aromatic rings. The van der Waals surface area contributed by atoms with E-state index in [4.69, 9.17) is 9.47 Å². The van der Waals surface area contributed by atoms with E-state index in [-0.39, 0.29) is 23.0 Å². The van der Waals surface area contributed by atoms with Crippen molar-refractivity contribution in [3.8, 4) is 0 Å². The molecule has 0 bridgehead atoms. The molecule has 150 valence electrons. The van der Waals surface area contributed by atoms with Crippen LogP contribution in [-0.4, -0.2) is 38.1 Å². The first-order valence-corrected chi connectivity index (χ1v) is 10.8. The van der Waals surface area contributed by atoms with Gasteiger partial charge < -0.3 is 9.47 Å². The van der Waals surface area contributed by atoms with Crippen LogP contribution in [0.5, 0.6) is 0 Å². The molecule has 0 spiro atoms. The minimum absolute atomic E-state index is 0.106. The van der Waals surface area contributed by atoms with Crippen molar-refractivity contribution in [2.24, 2.45) is 0 Å². The fourth-order valence-corrected chi connectivity index (χ4v) is 5.41. The number of sulfone groups is 1. The summed E-state index contributed by atoms with van der Waals surface area (Å²) in [7, 11) is -3.82. The number of amides is 1. The fourth-order valence-electron chi connectivity index (χ4n) is 3.63. The van der Waals surface area contributed by atoms with Crippen LogP contribution in [0.4, 0.5) is 4.79 Å². The van der Waals surface area contributed by atoms with Crippen LogP contribution in [0, 0.1) is 0 Å². The molecule has 0 saturated heterocycles. The van der Waals surface area contributed by atoms with Crippen LogP contribution in [0.3, 0.4) is 0 Å². The highest BCUT2D eigenvalue weighted by Gasteiger charge is 2.47. The minimum atomic E-state index is -3.82. The van der Waals surface area contributed by atoms with E-state index in [1.807, 2.05) is 30.3 Å². The van der Waals surface area contributed by atoms with Gasteiger partial charge in [0.05, 0.1) is 4.90 Å². The number of allylic oxidation sites excluding steroid dienone is 1. The Morgan fingerprint density at radius 1 is 1.10 bits per heavy atom. The molecule has 29 heavy (non-hydrogen) atoms. The molecule has 2 aromatic carbocycles. The number of ether oxygens (including phenoxy) is 2. The minimum Gasteiger partial charge on any atom is -0.487 e. The molecular weight excluding hydrogens is 390 g/mol. The van der Waals surface area contributed by atoms with E-state index >= 15 is 0 Å². The summed E-state index contributed by atoms with van der Waals surface area (Å²) >= 11 is 0. The first kappa shape index (κ1) is 19.3. The Hall–Kier alpha value is -3.06. The van der Waals surface area contributed by atoms with Crippen LogP contribution in [-0.2, 0) is 25.9 Å². The van der Waals surface area contributed by atoms with Crippen molar-refractivity contribution in [3.63, 3.8) is 0 Å². The summed E-state index contributed by atoms with van der Waals surface area (Å²) in [5.41, 5.74) is 0.858. The molecule has 0 aromatic heterocycles. The maximum Gasteiger partial charge on any atom is 0.411 e. The molecule has 4 rings (SSSR count). The second-order valence-corrected chi connectivity index (χ2v) is 8.80. The Morgan fingerprint density at radius 3 is 2.45 bits per heavy atom. The molecule has 6 nitrogen and oxygen atoms in total. The average molecular weight is 411 g/mol. The van der Waals surface area contributed by atoms with E-state index < -0.39 is 28.1 Å². The van der Waals surface area contributed by atoms with Crippen molar-refractivity contribution >= 4 is 15.9 Å². The van der Waals surface area contributed by atoms with Gasteiger partial charge in [0.25, 0.3) is 0 Å². The summed E-state index contributed by atoms with van der Waals surface area (Å²) in [5, 5.41) is 0. The summed E-state index contributed by atoms with van der Waals surface area (Å²) < 4.78 is 37.9. The van der Waals surface area contributed by atoms with E-state index in [0.29, 0.717) is 5.76 Å². The molecular formula is C22H21NO5S. The molecule has 2 heterocycles. The Balaban J connectivity index is 1.62. The van der Waals surface area contributed by atoms with Crippen molar-refractivity contribution in [1.82, 2.24) is 4.90 Å². The number of hydrogen-bond acceptors (Lipinski definition) is 5. The molecule has 0 radical (unpaired) electrons. The highest BCUT2D eigenvalue weighted by Crippen LogP contribution is 2.38. The summed E-state index contributed by atoms with van der Waals surface area (Å²) in [6.45, 7) is 1.98. The lowest BCUT2D eigenvalue weighted by Crippen LogP contribution is -2.49. The van der Waals surface area contributed by atoms with Gasteiger partial charge in [0.2, 0.25) is 9.84 Å². The van der Waals surface area contributed by atoms with Crippen LogP contribution < -0.4 is 0 Å². The van der Waals surface area contributed by atoms with E-state index in [9.17, 15) is 13.2 Å². The van der Waals surface area contributed by atoms with Crippen LogP contribution >= 0.6 is 0 Å². The van der Waals surface area contributed by atoms with Crippen LogP contribution in [0.25, 0.3) is 0 Å². The van der Waals surface area contributed by atoms with E-state index in [1.165, 1.54) is 4.90 Å². The van der Waals surface area contributed by atoms with Crippen LogP contribution in [0.2, 0.25) is 0 Å². The van der Waals surface area contributed by atoms with E-state index in [2.05, 4.69) is 0 Å². The van der Waals surface area contributed by atoms with Gasteiger partial charge in [-0.3, -0.25) is 4.90 Å². The number of fused-ring (bicyclic) bond motifs is 1. The number of nitrogens with zero attached hydrogens (tertiary/aromatic N) is 1. The molecule has 0 N–H and O–H groups in total. The molecule has 2 aliphatic rings. The molecule has 1 amide bonds. The Labute approximate surface area is 170 Å². The predicted molar refractivity (Wildman–Crippen MR) is 107 cm³/mol. The predicted octanol–water partition coefficient (Wildman–Crippen LogP) is 3.67. The average Bonchev–Trinajstić information content (AvgIpc) is 3.10. The zero-order chi connectivity index (χ0) is 20.4. The highest BCUT2D eigenvalue weighted by molar-refractivity contribution is 7.95. The van der Waals surface area contributed by atoms with E-state index in [1.54, 1.807) is 49.4 Å². The summed E-state index contributed by atoms with van der Waals surface area (Å²) in [6, 6.07) is 16.8. The van der Waals surface area contributed by atoms with Crippen molar-refractivity contribution in [2.45, 2.75) is 30.6 Å². The van der Waals surface area contributed by atoms with Gasteiger partial charge in [0, 0.05) is 6.54 Å². The van der Waals surface area contributed by atoms with Gasteiger partial charge in [-0.1, -0.05) is 54.6 Å². The quantitative estimate of drug-likeness (QED) is 0.718. The molecule has 0 aliphatic carbocycles. The van der Waals surface area contributed by atoms with Crippen molar-refractivity contribution in [3.05, 3.63) is 89.0 Å². The maximum absolute atomic E-state index is 13.3. The van der Waals surface area contributed by atoms with Gasteiger partial charge in [-0.05, 0) is 30.7 Å². The normalized spacial score (nSPS) is 20.9. The molecule has 0 saturated carbocycles. The van der Waals surface area contributed by atoms with Crippen molar-refractivity contribution < 1.29 is 22.7 Å². The zero-order valence-electron chi connectivity index (χ0n) is 15.9. The smallest absolute Gasteiger partial charge is 0.411 e. The Bertz CT molecular complexity index is 1060. The number of benzene rings is 2. The number of carbonyl (C=O) groups is 1. The van der Waals surface area contributed by atoms with Gasteiger partial charge in [0.15, 0.2) is 0 Å². The summed E-state index contributed by atoms with van der Waals surface area (Å²) in [4.78, 5) is 14.5. The first-order chi connectivity index (χ1) is 14.0. The lowest BCUT2D eigenvalue weighted by Gasteiger charge is -2.33. The Morgan fingerprint density at radius 2 is 1.76 bits per heavy atom. The van der Waals surface area contributed by atoms with Gasteiger partial charge >= 0.3 is 6.09 Å². The molecule has 0 unspecified atom stereocenters. The zero-order valence-corrected chi connectivity index (χ0v) is 16.7. The SMILES string of the molecule is CC1=C(S(=O)(=O)c2ccccc2)[C@H]2[C@H](C=CCN2C(=O)OCc2ccccc2)O1. The lowest BCUT2D eigenvalue weighted by molar-refractivity contribution is 0.0626. The van der Waals surface area contributed by atoms with Gasteiger partial charge in [-0.25, -0.2) is 13.2 Å². The first-order valence-electron chi connectivity index (χ1n) is 9.30. The summed E-state index contributed by atoms with van der Waals surface area (Å²) in [5.74, 6) is 0.302. The standard InChI is InChI=1S/C22H21NO5S/c1-16-21(29(25,26)18-11-6-3-7-12-18)20-19(28-16)13-8-14-23(20)22(24)27-15-17-9-4-2-5-10-17/h2-13,19-20H,14-15H2,1H3/t19-,20+/m0/s1. The van der Waals surface area contributed by atoms with Gasteiger partial charge in [0.1, 0.15) is 29.4 Å². The fraction of sp³-hybridized carbons (Fsp3) is 0.227. The highest BCUT2D eigenvalue weighted by atomic mass is 32.2. The van der Waals surface area contributed by atoms with Crippen LogP contribution in [0.1, 0.15) is 12.5 Å². The third kappa shape index (κ3) is 3.65. The third-order valence-corrected chi connectivity index (χ3v) is 6.99. The largest absolute Gasteiger partial charge is 0.487 e. The molecule has 7 heteroatoms.